The van der Waals surface area contributed by atoms with Crippen molar-refractivity contribution in [1.29, 1.82) is 0 Å². The number of nitrogens with two attached hydrogens (primary N) is 2. The molecule has 2 fully saturated rings. The Hall–Kier alpha value is -2.86. The summed E-state index contributed by atoms with van der Waals surface area (Å²) in [6.45, 7) is -2.03. The summed E-state index contributed by atoms with van der Waals surface area (Å²) in [6, 6.07) is 2.79. The van der Waals surface area contributed by atoms with E-state index in [2.05, 4.69) is 23.8 Å². The first-order chi connectivity index (χ1) is 22.4. The first-order valence-corrected chi connectivity index (χ1v) is 17.9. The number of hydrogen-bond donors (Lipinski definition) is 9. The van der Waals surface area contributed by atoms with Crippen molar-refractivity contribution in [3.63, 3.8) is 0 Å². The lowest BCUT2D eigenvalue weighted by Crippen LogP contribution is -2.46. The molecule has 5 rings (SSSR count). The fourth-order valence-corrected chi connectivity index (χ4v) is 7.47. The van der Waals surface area contributed by atoms with E-state index in [4.69, 9.17) is 30.0 Å². The van der Waals surface area contributed by atoms with Crippen molar-refractivity contribution in [1.82, 2.24) is 19.5 Å². The molecule has 27 heteroatoms. The van der Waals surface area contributed by atoms with Gasteiger partial charge in [0.1, 0.15) is 47.9 Å². The van der Waals surface area contributed by atoms with E-state index in [-0.39, 0.29) is 22.5 Å². The highest BCUT2D eigenvalue weighted by atomic mass is 31.3. The SMILES string of the molecule is NC(=O)c1ccc[n+]([C@@H]2O[C@H](COP(=O)(O)OP(=O)(O)OC[C@@H]3O[C@H](n4cnc5c(N)ncnc54)[C@H](OP(=O)(O)O)[C@@H]3O)[C@@H](O)[C@H]2O)c1. The molecular weight excluding hydrogens is 715 g/mol. The molecule has 0 bridgehead atoms. The van der Waals surface area contributed by atoms with Crippen LogP contribution in [0, 0.1) is 0 Å². The van der Waals surface area contributed by atoms with Gasteiger partial charge in [0, 0.05) is 6.07 Å². The predicted octanol–water partition coefficient (Wildman–Crippen LogP) is -2.90. The van der Waals surface area contributed by atoms with E-state index in [9.17, 15) is 53.4 Å². The molecule has 2 unspecified atom stereocenters. The number of nitrogen functional groups attached to an aromatic ring is 1. The van der Waals surface area contributed by atoms with E-state index in [1.165, 1.54) is 29.1 Å². The van der Waals surface area contributed by atoms with Gasteiger partial charge in [-0.05, 0) is 6.07 Å². The van der Waals surface area contributed by atoms with E-state index in [1.807, 2.05) is 0 Å². The second kappa shape index (κ2) is 13.8. The van der Waals surface area contributed by atoms with Crippen molar-refractivity contribution in [3.8, 4) is 0 Å². The Kier molecular flexibility index (Phi) is 10.5. The van der Waals surface area contributed by atoms with Crippen LogP contribution in [0.4, 0.5) is 5.82 Å². The van der Waals surface area contributed by atoms with E-state index in [1.54, 1.807) is 0 Å². The molecule has 48 heavy (non-hydrogen) atoms. The number of primary amides is 1. The van der Waals surface area contributed by atoms with Crippen LogP contribution in [-0.4, -0.2) is 110 Å². The van der Waals surface area contributed by atoms with Crippen LogP contribution in [0.25, 0.3) is 11.2 Å². The number of aromatic nitrogens is 5. The van der Waals surface area contributed by atoms with Crippen LogP contribution in [0.2, 0.25) is 0 Å². The largest absolute Gasteiger partial charge is 0.481 e. The van der Waals surface area contributed by atoms with Gasteiger partial charge in [0.05, 0.1) is 19.5 Å². The van der Waals surface area contributed by atoms with Crippen molar-refractivity contribution >= 4 is 46.4 Å². The van der Waals surface area contributed by atoms with E-state index in [0.717, 1.165) is 17.2 Å². The van der Waals surface area contributed by atoms with Crippen LogP contribution >= 0.6 is 23.5 Å². The minimum atomic E-state index is -5.52. The molecular formula is C21H29N7O17P3+. The number of carbonyl (C=O) groups excluding carboxylic acids is 1. The van der Waals surface area contributed by atoms with Crippen molar-refractivity contribution in [2.75, 3.05) is 18.9 Å². The number of amides is 1. The van der Waals surface area contributed by atoms with Crippen molar-refractivity contribution < 1.29 is 85.3 Å². The average Bonchev–Trinajstić information content (AvgIpc) is 3.64. The van der Waals surface area contributed by atoms with Gasteiger partial charge < -0.3 is 55.8 Å². The number of imidazole rings is 1. The van der Waals surface area contributed by atoms with Gasteiger partial charge in [-0.1, -0.05) is 0 Å². The lowest BCUT2D eigenvalue weighted by Gasteiger charge is -2.22. The lowest BCUT2D eigenvalue weighted by molar-refractivity contribution is -0.765. The topological polar surface area (TPSA) is 365 Å². The van der Waals surface area contributed by atoms with Gasteiger partial charge in [0.2, 0.25) is 0 Å². The van der Waals surface area contributed by atoms with Gasteiger partial charge in [0.25, 0.3) is 12.1 Å². The molecule has 264 valence electrons. The summed E-state index contributed by atoms with van der Waals surface area (Å²) in [7, 11) is -16.3. The van der Waals surface area contributed by atoms with Crippen molar-refractivity contribution in [2.24, 2.45) is 5.73 Å². The summed E-state index contributed by atoms with van der Waals surface area (Å²) in [5.74, 6) is -0.848. The highest BCUT2D eigenvalue weighted by molar-refractivity contribution is 7.61. The third-order valence-corrected chi connectivity index (χ3v) is 10.1. The Balaban J connectivity index is 1.21. The summed E-state index contributed by atoms with van der Waals surface area (Å²) < 4.78 is 68.4. The highest BCUT2D eigenvalue weighted by Crippen LogP contribution is 2.61. The molecule has 5 heterocycles. The van der Waals surface area contributed by atoms with Crippen LogP contribution < -0.4 is 16.0 Å². The molecule has 2 aliphatic rings. The molecule has 11 N–H and O–H groups in total. The van der Waals surface area contributed by atoms with Gasteiger partial charge >= 0.3 is 23.5 Å². The van der Waals surface area contributed by atoms with Gasteiger partial charge in [-0.3, -0.25) is 22.9 Å². The summed E-state index contributed by atoms with van der Waals surface area (Å²) in [5, 5.41) is 31.5. The predicted molar refractivity (Wildman–Crippen MR) is 150 cm³/mol. The van der Waals surface area contributed by atoms with Gasteiger partial charge in [-0.25, -0.2) is 28.6 Å². The van der Waals surface area contributed by atoms with Crippen LogP contribution in [0.1, 0.15) is 22.8 Å². The zero-order valence-electron chi connectivity index (χ0n) is 23.9. The quantitative estimate of drug-likeness (QED) is 0.0626. The van der Waals surface area contributed by atoms with Crippen LogP contribution in [-0.2, 0) is 41.1 Å². The van der Waals surface area contributed by atoms with E-state index in [0.29, 0.717) is 0 Å². The number of hydrogen-bond acceptors (Lipinski definition) is 17. The standard InChI is InChI=1S/C21H28N7O17P3/c22-17-12-19(25-7-24-17)28(8-26-12)21-16(44-46(33,34)35)14(30)11(43-21)6-41-48(38,39)45-47(36,37)40-5-10-13(29)15(31)20(42-10)27-3-1-2-9(4-27)18(23)32/h1-4,7-8,10-11,13-16,20-21,29-31H,5-6H2,(H7-,22,23,24,25,32,33,34,35,36,37,38,39)/p+1/t10-,11+,13-,14-,15-,16-,20-,21+/m1/s1. The number of aliphatic hydroxyl groups is 3. The second-order valence-electron chi connectivity index (χ2n) is 10.3. The third-order valence-electron chi connectivity index (χ3n) is 6.98. The number of anilines is 1. The number of phosphoric acid groups is 3. The van der Waals surface area contributed by atoms with Crippen LogP contribution in [0.15, 0.2) is 37.2 Å². The second-order valence-corrected chi connectivity index (χ2v) is 14.5. The zero-order valence-corrected chi connectivity index (χ0v) is 26.6. The molecule has 0 aromatic carbocycles. The number of nitrogens with zero attached hydrogens (tertiary/aromatic N) is 5. The average molecular weight is 744 g/mol. The van der Waals surface area contributed by atoms with E-state index < -0.39 is 91.7 Å². The van der Waals surface area contributed by atoms with Gasteiger partial charge in [-0.2, -0.15) is 8.88 Å². The molecule has 2 saturated heterocycles. The molecule has 3 aromatic rings. The van der Waals surface area contributed by atoms with Crippen molar-refractivity contribution in [3.05, 3.63) is 42.7 Å². The Morgan fingerprint density at radius 1 is 0.958 bits per heavy atom. The Morgan fingerprint density at radius 2 is 1.60 bits per heavy atom. The molecule has 0 aliphatic carbocycles. The first-order valence-electron chi connectivity index (χ1n) is 13.3. The summed E-state index contributed by atoms with van der Waals surface area (Å²) in [4.78, 5) is 62.2. The fraction of sp³-hybridized carbons (Fsp3) is 0.476. The number of phosphoric ester groups is 3. The fourth-order valence-electron chi connectivity index (χ4n) is 4.83. The highest BCUT2D eigenvalue weighted by Gasteiger charge is 2.51. The van der Waals surface area contributed by atoms with Crippen molar-refractivity contribution in [2.45, 2.75) is 49.1 Å². The number of carbonyl (C=O) groups is 1. The minimum Gasteiger partial charge on any atom is -0.387 e. The van der Waals surface area contributed by atoms with Gasteiger partial charge in [-0.15, -0.1) is 0 Å². The number of aliphatic hydroxyl groups excluding tert-OH is 3. The number of pyridine rings is 1. The number of rotatable bonds is 13. The molecule has 24 nitrogen and oxygen atoms in total. The molecule has 2 aliphatic heterocycles. The molecule has 0 spiro atoms. The summed E-state index contributed by atoms with van der Waals surface area (Å²) >= 11 is 0. The molecule has 0 radical (unpaired) electrons. The lowest BCUT2D eigenvalue weighted by atomic mass is 10.1. The van der Waals surface area contributed by atoms with Crippen LogP contribution in [0.3, 0.4) is 0 Å². The maximum absolute atomic E-state index is 12.6. The normalized spacial score (nSPS) is 30.3. The Morgan fingerprint density at radius 3 is 2.23 bits per heavy atom. The maximum Gasteiger partial charge on any atom is 0.481 e. The maximum atomic E-state index is 12.6. The van der Waals surface area contributed by atoms with E-state index >= 15 is 0 Å². The van der Waals surface area contributed by atoms with Crippen LogP contribution in [0.5, 0.6) is 0 Å². The molecule has 1 amide bonds. The zero-order chi connectivity index (χ0) is 35.2. The van der Waals surface area contributed by atoms with Gasteiger partial charge in [0.15, 0.2) is 36.2 Å². The Bertz CT molecular complexity index is 1810. The molecule has 3 aromatic heterocycles. The Labute approximate surface area is 267 Å². The summed E-state index contributed by atoms with van der Waals surface area (Å²) in [5.41, 5.74) is 11.1. The minimum absolute atomic E-state index is 0.00286. The number of ether oxygens (including phenoxy) is 2. The molecule has 0 saturated carbocycles. The first kappa shape index (κ1) is 36.4. The smallest absolute Gasteiger partial charge is 0.387 e. The monoisotopic (exact) mass is 744 g/mol. The molecule has 10 atom stereocenters. The number of fused-ring (bicyclic) bond motifs is 1. The summed E-state index contributed by atoms with van der Waals surface area (Å²) in [6.07, 6.45) is -8.39. The third kappa shape index (κ3) is 8.12.